The molecule has 17 heavy (non-hydrogen) atoms. The first-order valence-electron chi connectivity index (χ1n) is 5.27. The monoisotopic (exact) mass is 381 g/mol. The molecule has 5 heteroatoms. The van der Waals surface area contributed by atoms with Crippen LogP contribution in [0.25, 0.3) is 0 Å². The molecule has 0 aromatic heterocycles. The van der Waals surface area contributed by atoms with Gasteiger partial charge in [-0.25, -0.2) is 0 Å². The lowest BCUT2D eigenvalue weighted by Gasteiger charge is -2.19. The predicted octanol–water partition coefficient (Wildman–Crippen LogP) is 4.25. The summed E-state index contributed by atoms with van der Waals surface area (Å²) in [6, 6.07) is 5.34. The molecule has 1 amide bonds. The van der Waals surface area contributed by atoms with E-state index in [9.17, 15) is 4.79 Å². The first-order chi connectivity index (χ1) is 7.95. The predicted molar refractivity (Wildman–Crippen MR) is 79.0 cm³/mol. The molecule has 94 valence electrons. The first kappa shape index (κ1) is 15.0. The van der Waals surface area contributed by atoms with Gasteiger partial charge < -0.3 is 5.32 Å². The summed E-state index contributed by atoms with van der Waals surface area (Å²) in [5, 5.41) is 4.25. The largest absolute Gasteiger partial charge is 0.349 e. The van der Waals surface area contributed by atoms with Crippen molar-refractivity contribution < 1.29 is 4.79 Å². The van der Waals surface area contributed by atoms with Gasteiger partial charge in [0.25, 0.3) is 5.91 Å². The van der Waals surface area contributed by atoms with E-state index in [1.54, 1.807) is 12.1 Å². The van der Waals surface area contributed by atoms with E-state index in [2.05, 4.69) is 44.1 Å². The number of amides is 1. The van der Waals surface area contributed by atoms with Crippen molar-refractivity contribution in [3.05, 3.63) is 33.3 Å². The molecule has 0 aliphatic heterocycles. The van der Waals surface area contributed by atoms with Crippen LogP contribution in [0.4, 0.5) is 0 Å². The fraction of sp³-hybridized carbons (Fsp3) is 0.417. The lowest BCUT2D eigenvalue weighted by molar-refractivity contribution is 0.0931. The molecule has 0 spiro atoms. The minimum atomic E-state index is -0.142. The number of carbonyl (C=O) groups excluding carboxylic acids is 1. The van der Waals surface area contributed by atoms with Gasteiger partial charge in [0.1, 0.15) is 0 Å². The third-order valence-corrected chi connectivity index (χ3v) is 4.47. The van der Waals surface area contributed by atoms with Crippen LogP contribution in [0.3, 0.4) is 0 Å². The van der Waals surface area contributed by atoms with Crippen LogP contribution in [-0.2, 0) is 0 Å². The Hall–Kier alpha value is -0.0600. The molecule has 1 aromatic carbocycles. The molecule has 0 radical (unpaired) electrons. The van der Waals surface area contributed by atoms with Gasteiger partial charge in [-0.05, 0) is 31.0 Å². The zero-order valence-corrected chi connectivity index (χ0v) is 13.6. The minimum absolute atomic E-state index is 0.0944. The molecule has 1 N–H and O–H groups in total. The Kier molecular flexibility index (Phi) is 5.97. The van der Waals surface area contributed by atoms with Crippen molar-refractivity contribution in [2.75, 3.05) is 5.33 Å². The molecule has 2 unspecified atom stereocenters. The van der Waals surface area contributed by atoms with Crippen LogP contribution in [0.2, 0.25) is 5.02 Å². The Morgan fingerprint density at radius 3 is 2.71 bits per heavy atom. The van der Waals surface area contributed by atoms with E-state index < -0.39 is 0 Å². The van der Waals surface area contributed by atoms with Gasteiger partial charge in [0, 0.05) is 15.8 Å². The molecule has 1 rings (SSSR count). The molecule has 2 nitrogen and oxygen atoms in total. The van der Waals surface area contributed by atoms with E-state index in [-0.39, 0.29) is 11.9 Å². The summed E-state index contributed by atoms with van der Waals surface area (Å²) < 4.78 is 0.841. The summed E-state index contributed by atoms with van der Waals surface area (Å²) in [4.78, 5) is 12.0. The highest BCUT2D eigenvalue weighted by atomic mass is 79.9. The van der Waals surface area contributed by atoms with Crippen molar-refractivity contribution in [2.45, 2.75) is 19.9 Å². The van der Waals surface area contributed by atoms with Crippen molar-refractivity contribution in [3.63, 3.8) is 0 Å². The molecule has 0 aliphatic rings. The molecule has 0 aliphatic carbocycles. The molecule has 0 heterocycles. The second-order valence-corrected chi connectivity index (χ2v) is 5.99. The summed E-state index contributed by atoms with van der Waals surface area (Å²) >= 11 is 12.7. The maximum Gasteiger partial charge on any atom is 0.253 e. The zero-order chi connectivity index (χ0) is 13.0. The van der Waals surface area contributed by atoms with Crippen LogP contribution in [0.1, 0.15) is 24.2 Å². The Labute approximate surface area is 123 Å². The van der Waals surface area contributed by atoms with Crippen LogP contribution in [0.15, 0.2) is 22.7 Å². The average Bonchev–Trinajstić information content (AvgIpc) is 2.30. The van der Waals surface area contributed by atoms with Crippen molar-refractivity contribution in [1.82, 2.24) is 5.32 Å². The summed E-state index contributed by atoms with van der Waals surface area (Å²) in [5.74, 6) is 0.224. The van der Waals surface area contributed by atoms with E-state index in [1.165, 1.54) is 0 Å². The van der Waals surface area contributed by atoms with E-state index >= 15 is 0 Å². The van der Waals surface area contributed by atoms with Gasteiger partial charge in [-0.2, -0.15) is 0 Å². The summed E-state index contributed by atoms with van der Waals surface area (Å²) in [6.07, 6.45) is 0. The topological polar surface area (TPSA) is 29.1 Å². The van der Waals surface area contributed by atoms with Gasteiger partial charge in [0.2, 0.25) is 0 Å². The van der Waals surface area contributed by atoms with Crippen molar-refractivity contribution in [3.8, 4) is 0 Å². The molecule has 2 atom stereocenters. The molecular weight excluding hydrogens is 369 g/mol. The number of halogens is 3. The molecule has 1 aromatic rings. The number of nitrogens with one attached hydrogen (secondary N) is 1. The maximum atomic E-state index is 12.0. The fourth-order valence-electron chi connectivity index (χ4n) is 1.23. The van der Waals surface area contributed by atoms with Crippen LogP contribution in [0.5, 0.6) is 0 Å². The minimum Gasteiger partial charge on any atom is -0.349 e. The van der Waals surface area contributed by atoms with Gasteiger partial charge in [0.15, 0.2) is 0 Å². The second kappa shape index (κ2) is 6.76. The van der Waals surface area contributed by atoms with Crippen LogP contribution < -0.4 is 5.32 Å². The van der Waals surface area contributed by atoms with E-state index in [4.69, 9.17) is 11.6 Å². The molecular formula is C12H14Br2ClNO. The van der Waals surface area contributed by atoms with Crippen LogP contribution in [0, 0.1) is 5.92 Å². The number of benzene rings is 1. The number of hydrogen-bond donors (Lipinski definition) is 1. The lowest BCUT2D eigenvalue weighted by Crippen LogP contribution is -2.37. The molecule has 0 saturated carbocycles. The third-order valence-electron chi connectivity index (χ3n) is 2.63. The highest BCUT2D eigenvalue weighted by molar-refractivity contribution is 9.10. The fourth-order valence-corrected chi connectivity index (χ4v) is 2.36. The van der Waals surface area contributed by atoms with E-state index in [0.29, 0.717) is 16.5 Å². The first-order valence-corrected chi connectivity index (χ1v) is 7.56. The standard InChI is InChI=1S/C12H14Br2ClNO/c1-7(6-13)8(2)16-12(17)10-5-9(14)3-4-11(10)15/h3-5,7-8H,6H2,1-2H3,(H,16,17). The Balaban J connectivity index is 2.79. The average molecular weight is 384 g/mol. The highest BCUT2D eigenvalue weighted by Gasteiger charge is 2.16. The number of alkyl halides is 1. The number of hydrogen-bond acceptors (Lipinski definition) is 1. The number of rotatable bonds is 4. The molecule has 0 bridgehead atoms. The molecule has 0 fully saturated rings. The Morgan fingerprint density at radius 2 is 2.12 bits per heavy atom. The SMILES string of the molecule is CC(CBr)C(C)NC(=O)c1cc(Br)ccc1Cl. The van der Waals surface area contributed by atoms with E-state index in [0.717, 1.165) is 9.80 Å². The van der Waals surface area contributed by atoms with Gasteiger partial charge in [-0.3, -0.25) is 4.79 Å². The van der Waals surface area contributed by atoms with Crippen molar-refractivity contribution in [1.29, 1.82) is 0 Å². The molecule has 0 saturated heterocycles. The van der Waals surface area contributed by atoms with Crippen LogP contribution in [-0.4, -0.2) is 17.3 Å². The van der Waals surface area contributed by atoms with E-state index in [1.807, 2.05) is 13.0 Å². The number of carbonyl (C=O) groups is 1. The Morgan fingerprint density at radius 1 is 1.47 bits per heavy atom. The quantitative estimate of drug-likeness (QED) is 0.774. The highest BCUT2D eigenvalue weighted by Crippen LogP contribution is 2.21. The van der Waals surface area contributed by atoms with Gasteiger partial charge >= 0.3 is 0 Å². The smallest absolute Gasteiger partial charge is 0.253 e. The summed E-state index contributed by atoms with van der Waals surface area (Å²) in [5.41, 5.74) is 0.495. The lowest BCUT2D eigenvalue weighted by atomic mass is 10.1. The second-order valence-electron chi connectivity index (χ2n) is 4.02. The third kappa shape index (κ3) is 4.27. The zero-order valence-electron chi connectivity index (χ0n) is 9.64. The van der Waals surface area contributed by atoms with Crippen molar-refractivity contribution in [2.24, 2.45) is 5.92 Å². The Bertz CT molecular complexity index is 411. The maximum absolute atomic E-state index is 12.0. The summed E-state index contributed by atoms with van der Waals surface area (Å²) in [7, 11) is 0. The van der Waals surface area contributed by atoms with Gasteiger partial charge in [0.05, 0.1) is 10.6 Å². The van der Waals surface area contributed by atoms with Crippen LogP contribution >= 0.6 is 43.5 Å². The van der Waals surface area contributed by atoms with Gasteiger partial charge in [-0.1, -0.05) is 50.4 Å². The summed E-state index contributed by atoms with van der Waals surface area (Å²) in [6.45, 7) is 4.05. The van der Waals surface area contributed by atoms with Gasteiger partial charge in [-0.15, -0.1) is 0 Å². The van der Waals surface area contributed by atoms with Crippen molar-refractivity contribution >= 4 is 49.4 Å². The normalized spacial score (nSPS) is 14.2.